The van der Waals surface area contributed by atoms with Gasteiger partial charge in [0.1, 0.15) is 0 Å². The summed E-state index contributed by atoms with van der Waals surface area (Å²) in [7, 11) is -3.84. The first-order valence-electron chi connectivity index (χ1n) is 6.37. The number of anilines is 1. The summed E-state index contributed by atoms with van der Waals surface area (Å²) in [5.41, 5.74) is 0.748. The van der Waals surface area contributed by atoms with Crippen LogP contribution in [0.1, 0.15) is 5.56 Å². The molecule has 0 aliphatic rings. The number of aromatic amines is 1. The number of carbonyl (C=O) groups excluding carboxylic acids is 1. The average molecular weight is 354 g/mol. The molecular weight excluding hydrogens is 340 g/mol. The summed E-state index contributed by atoms with van der Waals surface area (Å²) in [6.07, 6.45) is 1.35. The van der Waals surface area contributed by atoms with Crippen LogP contribution >= 0.6 is 11.8 Å². The zero-order valence-electron chi connectivity index (χ0n) is 12.1. The number of aryl methyl sites for hydroxylation is 1. The Morgan fingerprint density at radius 1 is 1.39 bits per heavy atom. The van der Waals surface area contributed by atoms with Gasteiger partial charge in [-0.15, -0.1) is 0 Å². The molecule has 0 atom stereocenters. The average Bonchev–Trinajstić information content (AvgIpc) is 2.46. The van der Waals surface area contributed by atoms with Crippen LogP contribution in [0.4, 0.5) is 5.69 Å². The van der Waals surface area contributed by atoms with Gasteiger partial charge in [0.2, 0.25) is 15.9 Å². The lowest BCUT2D eigenvalue weighted by Gasteiger charge is -2.09. The molecule has 0 unspecified atom stereocenters. The summed E-state index contributed by atoms with van der Waals surface area (Å²) < 4.78 is 22.7. The summed E-state index contributed by atoms with van der Waals surface area (Å²) in [4.78, 5) is 29.4. The van der Waals surface area contributed by atoms with Crippen molar-refractivity contribution in [2.24, 2.45) is 5.14 Å². The van der Waals surface area contributed by atoms with Gasteiger partial charge in [0.05, 0.1) is 10.6 Å². The lowest BCUT2D eigenvalue weighted by molar-refractivity contribution is -0.113. The third-order valence-electron chi connectivity index (χ3n) is 2.80. The highest BCUT2D eigenvalue weighted by atomic mass is 32.2. The zero-order valence-corrected chi connectivity index (χ0v) is 13.7. The topological polar surface area (TPSA) is 135 Å². The number of nitrogens with two attached hydrogens (primary N) is 1. The fourth-order valence-corrected chi connectivity index (χ4v) is 2.85. The predicted molar refractivity (Wildman–Crippen MR) is 86.8 cm³/mol. The van der Waals surface area contributed by atoms with Crippen LogP contribution in [0.15, 0.2) is 45.3 Å². The number of nitrogens with zero attached hydrogens (tertiary/aromatic N) is 1. The van der Waals surface area contributed by atoms with Crippen molar-refractivity contribution in [2.45, 2.75) is 17.0 Å². The van der Waals surface area contributed by atoms with Gasteiger partial charge in [-0.1, -0.05) is 17.8 Å². The van der Waals surface area contributed by atoms with Crippen LogP contribution in [0.5, 0.6) is 0 Å². The summed E-state index contributed by atoms with van der Waals surface area (Å²) in [5.74, 6) is -0.359. The minimum Gasteiger partial charge on any atom is -0.325 e. The first-order valence-corrected chi connectivity index (χ1v) is 8.90. The van der Waals surface area contributed by atoms with Crippen LogP contribution < -0.4 is 16.0 Å². The van der Waals surface area contributed by atoms with Gasteiger partial charge in [-0.2, -0.15) is 0 Å². The quantitative estimate of drug-likeness (QED) is 0.527. The molecule has 2 rings (SSSR count). The summed E-state index contributed by atoms with van der Waals surface area (Å²) >= 11 is 1.06. The van der Waals surface area contributed by atoms with E-state index in [9.17, 15) is 18.0 Å². The smallest absolute Gasteiger partial charge is 0.251 e. The van der Waals surface area contributed by atoms with Crippen molar-refractivity contribution < 1.29 is 13.2 Å². The minimum absolute atomic E-state index is 0.00595. The van der Waals surface area contributed by atoms with Crippen LogP contribution in [-0.2, 0) is 14.8 Å². The summed E-state index contributed by atoms with van der Waals surface area (Å²) in [6, 6.07) is 5.49. The largest absolute Gasteiger partial charge is 0.325 e. The van der Waals surface area contributed by atoms with Gasteiger partial charge in [-0.3, -0.25) is 9.59 Å². The Labute approximate surface area is 136 Å². The molecule has 1 aromatic carbocycles. The van der Waals surface area contributed by atoms with Gasteiger partial charge < -0.3 is 10.3 Å². The summed E-state index contributed by atoms with van der Waals surface area (Å²) in [6.45, 7) is 1.73. The molecular formula is C13H14N4O4S2. The SMILES string of the molecule is Cc1ccc(S(N)(=O)=O)cc1NC(=O)CSc1nccc(=O)[nH]1. The number of primary sulfonamides is 1. The molecule has 2 aromatic rings. The van der Waals surface area contributed by atoms with Crippen LogP contribution in [0.2, 0.25) is 0 Å². The second-order valence-electron chi connectivity index (χ2n) is 4.60. The first-order chi connectivity index (χ1) is 10.8. The Bertz CT molecular complexity index is 893. The van der Waals surface area contributed by atoms with E-state index < -0.39 is 10.0 Å². The molecule has 8 nitrogen and oxygen atoms in total. The van der Waals surface area contributed by atoms with E-state index in [1.165, 1.54) is 24.4 Å². The van der Waals surface area contributed by atoms with E-state index in [-0.39, 0.29) is 22.1 Å². The van der Waals surface area contributed by atoms with Gasteiger partial charge in [0.25, 0.3) is 5.56 Å². The van der Waals surface area contributed by atoms with Crippen LogP contribution in [0.3, 0.4) is 0 Å². The standard InChI is InChI=1S/C13H14N4O4S2/c1-8-2-3-9(23(14,20)21)6-10(8)16-12(19)7-22-13-15-5-4-11(18)17-13/h2-6H,7H2,1H3,(H,16,19)(H2,14,20,21)(H,15,17,18). The van der Waals surface area contributed by atoms with E-state index in [0.29, 0.717) is 16.4 Å². The minimum atomic E-state index is -3.84. The third-order valence-corrected chi connectivity index (χ3v) is 4.60. The maximum Gasteiger partial charge on any atom is 0.251 e. The number of thioether (sulfide) groups is 1. The van der Waals surface area contributed by atoms with Crippen LogP contribution in [0, 0.1) is 6.92 Å². The molecule has 23 heavy (non-hydrogen) atoms. The number of hydrogen-bond acceptors (Lipinski definition) is 6. The Kier molecular flexibility index (Phi) is 5.19. The number of aromatic nitrogens is 2. The van der Waals surface area contributed by atoms with Crippen molar-refractivity contribution >= 4 is 33.4 Å². The Morgan fingerprint density at radius 2 is 2.13 bits per heavy atom. The second kappa shape index (κ2) is 6.94. The Hall–Kier alpha value is -2.17. The number of hydrogen-bond donors (Lipinski definition) is 3. The van der Waals surface area contributed by atoms with Crippen molar-refractivity contribution in [2.75, 3.05) is 11.1 Å². The van der Waals surface area contributed by atoms with Crippen molar-refractivity contribution in [1.82, 2.24) is 9.97 Å². The maximum absolute atomic E-state index is 12.0. The number of rotatable bonds is 5. The highest BCUT2D eigenvalue weighted by Crippen LogP contribution is 2.20. The molecule has 0 radical (unpaired) electrons. The van der Waals surface area contributed by atoms with E-state index in [1.54, 1.807) is 13.0 Å². The molecule has 1 aromatic heterocycles. The molecule has 1 amide bonds. The second-order valence-corrected chi connectivity index (χ2v) is 7.12. The number of sulfonamides is 1. The van der Waals surface area contributed by atoms with Crippen molar-refractivity contribution in [3.05, 3.63) is 46.4 Å². The number of nitrogens with one attached hydrogen (secondary N) is 2. The van der Waals surface area contributed by atoms with Crippen LogP contribution in [0.25, 0.3) is 0 Å². The fraction of sp³-hybridized carbons (Fsp3) is 0.154. The van der Waals surface area contributed by atoms with Gasteiger partial charge in [0.15, 0.2) is 5.16 Å². The predicted octanol–water partition coefficient (Wildman–Crippen LogP) is 0.457. The Morgan fingerprint density at radius 3 is 2.78 bits per heavy atom. The molecule has 0 bridgehead atoms. The maximum atomic E-state index is 12.0. The fourth-order valence-electron chi connectivity index (χ4n) is 1.66. The van der Waals surface area contributed by atoms with E-state index >= 15 is 0 Å². The van der Waals surface area contributed by atoms with E-state index in [1.807, 2.05) is 0 Å². The Balaban J connectivity index is 2.07. The van der Waals surface area contributed by atoms with Crippen molar-refractivity contribution in [3.8, 4) is 0 Å². The molecule has 10 heteroatoms. The summed E-state index contributed by atoms with van der Waals surface area (Å²) in [5, 5.41) is 8.00. The molecule has 122 valence electrons. The van der Waals surface area contributed by atoms with Gasteiger partial charge >= 0.3 is 0 Å². The number of benzene rings is 1. The molecule has 1 heterocycles. The highest BCUT2D eigenvalue weighted by Gasteiger charge is 2.12. The van der Waals surface area contributed by atoms with E-state index in [4.69, 9.17) is 5.14 Å². The normalized spacial score (nSPS) is 11.2. The number of amides is 1. The van der Waals surface area contributed by atoms with Crippen molar-refractivity contribution in [1.29, 1.82) is 0 Å². The van der Waals surface area contributed by atoms with Crippen LogP contribution in [-0.4, -0.2) is 30.0 Å². The van der Waals surface area contributed by atoms with E-state index in [2.05, 4.69) is 15.3 Å². The third kappa shape index (κ3) is 4.91. The van der Waals surface area contributed by atoms with Gasteiger partial charge in [-0.05, 0) is 24.6 Å². The van der Waals surface area contributed by atoms with Gasteiger partial charge in [0, 0.05) is 18.0 Å². The molecule has 4 N–H and O–H groups in total. The van der Waals surface area contributed by atoms with E-state index in [0.717, 1.165) is 11.8 Å². The van der Waals surface area contributed by atoms with Gasteiger partial charge in [-0.25, -0.2) is 18.5 Å². The lowest BCUT2D eigenvalue weighted by atomic mass is 10.2. The van der Waals surface area contributed by atoms with Crippen molar-refractivity contribution in [3.63, 3.8) is 0 Å². The molecule has 0 spiro atoms. The zero-order chi connectivity index (χ0) is 17.0. The molecule has 0 aliphatic carbocycles. The first kappa shape index (κ1) is 17.2. The number of carbonyl (C=O) groups is 1. The lowest BCUT2D eigenvalue weighted by Crippen LogP contribution is -2.17. The highest BCUT2D eigenvalue weighted by molar-refractivity contribution is 7.99. The molecule has 0 saturated heterocycles. The molecule has 0 saturated carbocycles. The monoisotopic (exact) mass is 354 g/mol. The number of H-pyrrole nitrogens is 1. The molecule has 0 fully saturated rings. The molecule has 0 aliphatic heterocycles.